The van der Waals surface area contributed by atoms with Crippen molar-refractivity contribution >= 4 is 69.3 Å². The molecule has 0 aliphatic carbocycles. The number of piperazine rings is 1. The van der Waals surface area contributed by atoms with Gasteiger partial charge in [0.2, 0.25) is 0 Å². The van der Waals surface area contributed by atoms with Gasteiger partial charge in [-0.25, -0.2) is 0 Å². The summed E-state index contributed by atoms with van der Waals surface area (Å²) in [7, 11) is 0. The van der Waals surface area contributed by atoms with E-state index in [1.165, 1.54) is 11.3 Å². The zero-order chi connectivity index (χ0) is 25.2. The highest BCUT2D eigenvalue weighted by molar-refractivity contribution is 7.12. The van der Waals surface area contributed by atoms with Crippen molar-refractivity contribution in [3.63, 3.8) is 0 Å². The molecular formula is C26H20Cl3N3O3S. The molecule has 0 atom stereocenters. The topological polar surface area (TPSA) is 65.8 Å². The van der Waals surface area contributed by atoms with E-state index in [2.05, 4.69) is 10.2 Å². The second-order valence-electron chi connectivity index (χ2n) is 8.17. The van der Waals surface area contributed by atoms with Gasteiger partial charge in [0.25, 0.3) is 11.8 Å². The summed E-state index contributed by atoms with van der Waals surface area (Å²) in [5, 5.41) is 6.09. The molecule has 10 heteroatoms. The van der Waals surface area contributed by atoms with Crippen LogP contribution in [-0.4, -0.2) is 42.9 Å². The Kier molecular flexibility index (Phi) is 7.25. The Morgan fingerprint density at radius 3 is 2.36 bits per heavy atom. The highest BCUT2D eigenvalue weighted by Crippen LogP contribution is 2.32. The zero-order valence-corrected chi connectivity index (χ0v) is 21.9. The fraction of sp³-hybridized carbons (Fsp3) is 0.154. The maximum atomic E-state index is 12.7. The van der Waals surface area contributed by atoms with Crippen molar-refractivity contribution in [2.24, 2.45) is 0 Å². The van der Waals surface area contributed by atoms with E-state index in [0.717, 1.165) is 10.6 Å². The molecular weight excluding hydrogens is 541 g/mol. The van der Waals surface area contributed by atoms with Crippen LogP contribution in [0, 0.1) is 0 Å². The number of rotatable bonds is 5. The third-order valence-electron chi connectivity index (χ3n) is 5.88. The second-order valence-corrected chi connectivity index (χ2v) is 10.3. The first-order valence-electron chi connectivity index (χ1n) is 11.1. The van der Waals surface area contributed by atoms with Crippen molar-refractivity contribution in [1.82, 2.24) is 4.90 Å². The molecule has 0 spiro atoms. The van der Waals surface area contributed by atoms with Crippen LogP contribution in [0.2, 0.25) is 15.1 Å². The fourth-order valence-electron chi connectivity index (χ4n) is 4.00. The van der Waals surface area contributed by atoms with Crippen molar-refractivity contribution in [2.45, 2.75) is 0 Å². The molecule has 2 aromatic heterocycles. The Labute approximate surface area is 227 Å². The molecule has 1 saturated heterocycles. The maximum absolute atomic E-state index is 12.7. The molecule has 1 N–H and O–H groups in total. The van der Waals surface area contributed by atoms with Crippen LogP contribution in [0.15, 0.2) is 70.5 Å². The molecule has 2 aromatic carbocycles. The van der Waals surface area contributed by atoms with E-state index in [0.29, 0.717) is 58.3 Å². The van der Waals surface area contributed by atoms with Gasteiger partial charge in [0.15, 0.2) is 5.76 Å². The van der Waals surface area contributed by atoms with Gasteiger partial charge in [-0.2, -0.15) is 0 Å². The number of halogens is 3. The Bertz CT molecular complexity index is 1410. The van der Waals surface area contributed by atoms with E-state index in [1.807, 2.05) is 28.5 Å². The SMILES string of the molecule is O=C(Nc1ccc(N2CCN(C(=O)c3cccs3)CC2)c(Cl)c1)c1ccc(-c2ccc(Cl)c(Cl)c2)o1. The molecule has 4 aromatic rings. The molecule has 36 heavy (non-hydrogen) atoms. The molecule has 2 amide bonds. The summed E-state index contributed by atoms with van der Waals surface area (Å²) >= 11 is 20.1. The lowest BCUT2D eigenvalue weighted by Gasteiger charge is -2.36. The summed E-state index contributed by atoms with van der Waals surface area (Å²) < 4.78 is 5.72. The van der Waals surface area contributed by atoms with Crippen LogP contribution in [0.4, 0.5) is 11.4 Å². The zero-order valence-electron chi connectivity index (χ0n) is 18.8. The number of nitrogens with one attached hydrogen (secondary N) is 1. The highest BCUT2D eigenvalue weighted by atomic mass is 35.5. The van der Waals surface area contributed by atoms with Crippen LogP contribution in [0.25, 0.3) is 11.3 Å². The molecule has 0 radical (unpaired) electrons. The molecule has 1 fully saturated rings. The minimum atomic E-state index is -0.397. The lowest BCUT2D eigenvalue weighted by Crippen LogP contribution is -2.48. The van der Waals surface area contributed by atoms with Crippen molar-refractivity contribution < 1.29 is 14.0 Å². The number of nitrogens with zero attached hydrogens (tertiary/aromatic N) is 2. The van der Waals surface area contributed by atoms with Crippen LogP contribution < -0.4 is 10.2 Å². The number of hydrogen-bond acceptors (Lipinski definition) is 5. The minimum Gasteiger partial charge on any atom is -0.451 e. The van der Waals surface area contributed by atoms with E-state index in [-0.39, 0.29) is 11.7 Å². The van der Waals surface area contributed by atoms with Crippen molar-refractivity contribution in [3.8, 4) is 11.3 Å². The van der Waals surface area contributed by atoms with Crippen molar-refractivity contribution in [2.75, 3.05) is 36.4 Å². The average Bonchev–Trinajstić information content (AvgIpc) is 3.59. The number of amides is 2. The van der Waals surface area contributed by atoms with Crippen LogP contribution in [0.3, 0.4) is 0 Å². The maximum Gasteiger partial charge on any atom is 0.291 e. The summed E-state index contributed by atoms with van der Waals surface area (Å²) in [5.74, 6) is 0.325. The van der Waals surface area contributed by atoms with Gasteiger partial charge in [0.05, 0.1) is 25.6 Å². The van der Waals surface area contributed by atoms with Gasteiger partial charge in [-0.05, 0) is 60.0 Å². The standard InChI is InChI=1S/C26H20Cl3N3O3S/c27-18-5-3-16(14-19(18)28)22-7-8-23(35-22)25(33)30-17-4-6-21(20(29)15-17)31-9-11-32(12-10-31)26(34)24-2-1-13-36-24/h1-8,13-15H,9-12H2,(H,30,33). The van der Waals surface area contributed by atoms with E-state index < -0.39 is 5.91 Å². The number of carbonyl (C=O) groups is 2. The molecule has 184 valence electrons. The molecule has 1 aliphatic rings. The second kappa shape index (κ2) is 10.6. The van der Waals surface area contributed by atoms with Crippen LogP contribution in [0.1, 0.15) is 20.2 Å². The summed E-state index contributed by atoms with van der Waals surface area (Å²) in [6.07, 6.45) is 0. The minimum absolute atomic E-state index is 0.0639. The Hall–Kier alpha value is -2.97. The highest BCUT2D eigenvalue weighted by Gasteiger charge is 2.24. The lowest BCUT2D eigenvalue weighted by atomic mass is 10.2. The summed E-state index contributed by atoms with van der Waals surface area (Å²) in [6.45, 7) is 2.58. The van der Waals surface area contributed by atoms with Crippen molar-refractivity contribution in [1.29, 1.82) is 0 Å². The van der Waals surface area contributed by atoms with Gasteiger partial charge < -0.3 is 19.5 Å². The Balaban J connectivity index is 1.21. The summed E-state index contributed by atoms with van der Waals surface area (Å²) in [5.41, 5.74) is 2.12. The molecule has 0 saturated carbocycles. The molecule has 3 heterocycles. The van der Waals surface area contributed by atoms with E-state index in [9.17, 15) is 9.59 Å². The first-order valence-corrected chi connectivity index (χ1v) is 13.1. The van der Waals surface area contributed by atoms with Gasteiger partial charge in [0, 0.05) is 37.4 Å². The number of thiophene rings is 1. The first-order chi connectivity index (χ1) is 17.4. The molecule has 5 rings (SSSR count). The number of hydrogen-bond donors (Lipinski definition) is 1. The van der Waals surface area contributed by atoms with Gasteiger partial charge in [-0.3, -0.25) is 9.59 Å². The molecule has 0 bridgehead atoms. The van der Waals surface area contributed by atoms with Gasteiger partial charge in [-0.1, -0.05) is 40.9 Å². The average molecular weight is 561 g/mol. The lowest BCUT2D eigenvalue weighted by molar-refractivity contribution is 0.0751. The summed E-state index contributed by atoms with van der Waals surface area (Å²) in [6, 6.07) is 17.5. The smallest absolute Gasteiger partial charge is 0.291 e. The molecule has 0 unspecified atom stereocenters. The molecule has 1 aliphatic heterocycles. The van der Waals surface area contributed by atoms with E-state index in [4.69, 9.17) is 39.2 Å². The largest absolute Gasteiger partial charge is 0.451 e. The van der Waals surface area contributed by atoms with Gasteiger partial charge in [0.1, 0.15) is 5.76 Å². The summed E-state index contributed by atoms with van der Waals surface area (Å²) in [4.78, 5) is 30.1. The van der Waals surface area contributed by atoms with Gasteiger partial charge in [-0.15, -0.1) is 11.3 Å². The third kappa shape index (κ3) is 5.25. The third-order valence-corrected chi connectivity index (χ3v) is 7.78. The molecule has 6 nitrogen and oxygen atoms in total. The predicted octanol–water partition coefficient (Wildman–Crippen LogP) is 7.18. The van der Waals surface area contributed by atoms with Crippen molar-refractivity contribution in [3.05, 3.63) is 91.7 Å². The Morgan fingerprint density at radius 1 is 0.861 bits per heavy atom. The normalized spacial score (nSPS) is 13.6. The Morgan fingerprint density at radius 2 is 1.67 bits per heavy atom. The monoisotopic (exact) mass is 559 g/mol. The van der Waals surface area contributed by atoms with Crippen LogP contribution in [-0.2, 0) is 0 Å². The fourth-order valence-corrected chi connectivity index (χ4v) is 5.29. The van der Waals surface area contributed by atoms with Crippen LogP contribution in [0.5, 0.6) is 0 Å². The number of anilines is 2. The first kappa shape index (κ1) is 24.7. The quantitative estimate of drug-likeness (QED) is 0.281. The van der Waals surface area contributed by atoms with Gasteiger partial charge >= 0.3 is 0 Å². The predicted molar refractivity (Wildman–Crippen MR) is 146 cm³/mol. The number of furan rings is 1. The van der Waals surface area contributed by atoms with Crippen LogP contribution >= 0.6 is 46.1 Å². The number of benzene rings is 2. The van der Waals surface area contributed by atoms with E-state index in [1.54, 1.807) is 42.5 Å². The number of carbonyl (C=O) groups excluding carboxylic acids is 2. The van der Waals surface area contributed by atoms with E-state index >= 15 is 0 Å².